The summed E-state index contributed by atoms with van der Waals surface area (Å²) in [5.74, 6) is 0.486. The molecule has 0 fully saturated rings. The first-order chi connectivity index (χ1) is 11.0. The number of carbonyl (C=O) groups is 2. The lowest BCUT2D eigenvalue weighted by Crippen LogP contribution is -2.43. The van der Waals surface area contributed by atoms with Gasteiger partial charge < -0.3 is 24.8 Å². The first-order valence-electron chi connectivity index (χ1n) is 7.53. The van der Waals surface area contributed by atoms with Gasteiger partial charge in [0.05, 0.1) is 14.2 Å². The van der Waals surface area contributed by atoms with Crippen LogP contribution in [0.5, 0.6) is 11.5 Å². The maximum atomic E-state index is 12.1. The lowest BCUT2D eigenvalue weighted by molar-refractivity contribution is -0.137. The lowest BCUT2D eigenvalue weighted by Gasteiger charge is -2.29. The first-order valence-corrected chi connectivity index (χ1v) is 7.53. The maximum Gasteiger partial charge on any atom is 0.317 e. The molecule has 2 N–H and O–H groups in total. The molecular formula is C16H22N2O5. The normalized spacial score (nSPS) is 13.2. The van der Waals surface area contributed by atoms with E-state index in [4.69, 9.17) is 14.6 Å². The van der Waals surface area contributed by atoms with E-state index in [1.54, 1.807) is 19.1 Å². The van der Waals surface area contributed by atoms with Gasteiger partial charge in [0, 0.05) is 26.1 Å². The van der Waals surface area contributed by atoms with E-state index in [0.29, 0.717) is 37.6 Å². The van der Waals surface area contributed by atoms with Crippen molar-refractivity contribution in [2.24, 2.45) is 0 Å². The molecule has 1 aliphatic heterocycles. The third kappa shape index (κ3) is 4.28. The SMILES string of the molecule is COc1cc2c(cc1OC)CN(C(=O)NCCCC(=O)O)CC2. The van der Waals surface area contributed by atoms with Gasteiger partial charge in [-0.1, -0.05) is 0 Å². The van der Waals surface area contributed by atoms with Crippen LogP contribution in [0.4, 0.5) is 4.79 Å². The van der Waals surface area contributed by atoms with Crippen molar-refractivity contribution in [3.63, 3.8) is 0 Å². The van der Waals surface area contributed by atoms with Gasteiger partial charge in [-0.25, -0.2) is 4.79 Å². The Morgan fingerprint density at radius 3 is 2.48 bits per heavy atom. The van der Waals surface area contributed by atoms with Crippen molar-refractivity contribution in [2.45, 2.75) is 25.8 Å². The Labute approximate surface area is 135 Å². The van der Waals surface area contributed by atoms with E-state index in [2.05, 4.69) is 5.32 Å². The van der Waals surface area contributed by atoms with Crippen molar-refractivity contribution in [3.05, 3.63) is 23.3 Å². The van der Waals surface area contributed by atoms with E-state index in [9.17, 15) is 9.59 Å². The molecule has 0 saturated carbocycles. The molecule has 0 radical (unpaired) electrons. The first kappa shape index (κ1) is 16.9. The van der Waals surface area contributed by atoms with Crippen LogP contribution < -0.4 is 14.8 Å². The lowest BCUT2D eigenvalue weighted by atomic mass is 9.99. The maximum absolute atomic E-state index is 12.1. The second kappa shape index (κ2) is 7.71. The number of hydrogen-bond donors (Lipinski definition) is 2. The minimum absolute atomic E-state index is 0.0557. The quantitative estimate of drug-likeness (QED) is 0.777. The molecular weight excluding hydrogens is 300 g/mol. The zero-order valence-corrected chi connectivity index (χ0v) is 13.4. The van der Waals surface area contributed by atoms with Crippen molar-refractivity contribution >= 4 is 12.0 Å². The van der Waals surface area contributed by atoms with Gasteiger partial charge in [0.25, 0.3) is 0 Å². The van der Waals surface area contributed by atoms with Crippen LogP contribution in [0.3, 0.4) is 0 Å². The average Bonchev–Trinajstić information content (AvgIpc) is 2.56. The topological polar surface area (TPSA) is 88.1 Å². The Balaban J connectivity index is 1.96. The second-order valence-electron chi connectivity index (χ2n) is 5.38. The Kier molecular flexibility index (Phi) is 5.67. The Hall–Kier alpha value is -2.44. The predicted octanol–water partition coefficient (Wildman–Crippen LogP) is 1.64. The molecule has 1 aromatic carbocycles. The van der Waals surface area contributed by atoms with Crippen LogP contribution in [-0.4, -0.2) is 49.3 Å². The zero-order valence-electron chi connectivity index (χ0n) is 13.4. The van der Waals surface area contributed by atoms with Crippen molar-refractivity contribution < 1.29 is 24.2 Å². The number of amides is 2. The highest BCUT2D eigenvalue weighted by Gasteiger charge is 2.22. The molecule has 0 aromatic heterocycles. The number of carboxylic acid groups (broad SMARTS) is 1. The summed E-state index contributed by atoms with van der Waals surface area (Å²) in [6.07, 6.45) is 1.23. The fourth-order valence-corrected chi connectivity index (χ4v) is 2.60. The van der Waals surface area contributed by atoms with Gasteiger partial charge >= 0.3 is 12.0 Å². The van der Waals surface area contributed by atoms with E-state index in [1.165, 1.54) is 0 Å². The van der Waals surface area contributed by atoms with Gasteiger partial charge in [-0.2, -0.15) is 0 Å². The van der Waals surface area contributed by atoms with E-state index in [-0.39, 0.29) is 12.5 Å². The number of aliphatic carboxylic acids is 1. The number of ether oxygens (including phenoxy) is 2. The van der Waals surface area contributed by atoms with Crippen molar-refractivity contribution in [2.75, 3.05) is 27.3 Å². The van der Waals surface area contributed by atoms with Crippen LogP contribution in [-0.2, 0) is 17.8 Å². The number of rotatable bonds is 6. The van der Waals surface area contributed by atoms with Crippen LogP contribution in [0.1, 0.15) is 24.0 Å². The molecule has 0 unspecified atom stereocenters. The molecule has 0 atom stereocenters. The Morgan fingerprint density at radius 1 is 1.22 bits per heavy atom. The standard InChI is InChI=1S/C16H22N2O5/c1-22-13-8-11-5-7-18(10-12(11)9-14(13)23-2)16(21)17-6-3-4-15(19)20/h8-9H,3-7,10H2,1-2H3,(H,17,21)(H,19,20). The van der Waals surface area contributed by atoms with Gasteiger partial charge in [0.2, 0.25) is 0 Å². The third-order valence-corrected chi connectivity index (χ3v) is 3.85. The molecule has 1 aromatic rings. The minimum atomic E-state index is -0.854. The Morgan fingerprint density at radius 2 is 1.87 bits per heavy atom. The minimum Gasteiger partial charge on any atom is -0.493 e. The van der Waals surface area contributed by atoms with Gasteiger partial charge in [0.15, 0.2) is 11.5 Å². The van der Waals surface area contributed by atoms with Crippen LogP contribution in [0, 0.1) is 0 Å². The second-order valence-corrected chi connectivity index (χ2v) is 5.38. The van der Waals surface area contributed by atoms with Gasteiger partial charge in [-0.3, -0.25) is 4.79 Å². The summed E-state index contributed by atoms with van der Waals surface area (Å²) in [6, 6.07) is 3.68. The largest absolute Gasteiger partial charge is 0.493 e. The molecule has 0 aliphatic carbocycles. The number of hydrogen-bond acceptors (Lipinski definition) is 4. The van der Waals surface area contributed by atoms with E-state index in [1.807, 2.05) is 12.1 Å². The van der Waals surface area contributed by atoms with Crippen LogP contribution >= 0.6 is 0 Å². The van der Waals surface area contributed by atoms with Crippen LogP contribution in [0.25, 0.3) is 0 Å². The summed E-state index contributed by atoms with van der Waals surface area (Å²) >= 11 is 0. The highest BCUT2D eigenvalue weighted by atomic mass is 16.5. The summed E-state index contributed by atoms with van der Waals surface area (Å²) in [5.41, 5.74) is 2.19. The summed E-state index contributed by atoms with van der Waals surface area (Å²) < 4.78 is 10.6. The highest BCUT2D eigenvalue weighted by molar-refractivity contribution is 5.74. The number of urea groups is 1. The molecule has 2 amide bonds. The zero-order chi connectivity index (χ0) is 16.8. The van der Waals surface area contributed by atoms with E-state index < -0.39 is 5.97 Å². The molecule has 0 bridgehead atoms. The molecule has 1 heterocycles. The number of methoxy groups -OCH3 is 2. The summed E-state index contributed by atoms with van der Waals surface area (Å²) in [5, 5.41) is 11.3. The molecule has 7 nitrogen and oxygen atoms in total. The molecule has 7 heteroatoms. The van der Waals surface area contributed by atoms with Gasteiger partial charge in [-0.15, -0.1) is 0 Å². The van der Waals surface area contributed by atoms with E-state index in [0.717, 1.165) is 17.5 Å². The van der Waals surface area contributed by atoms with Crippen LogP contribution in [0.2, 0.25) is 0 Å². The predicted molar refractivity (Wildman–Crippen MR) is 83.9 cm³/mol. The summed E-state index contributed by atoms with van der Waals surface area (Å²) in [7, 11) is 3.18. The highest BCUT2D eigenvalue weighted by Crippen LogP contribution is 2.33. The number of fused-ring (bicyclic) bond motifs is 1. The molecule has 126 valence electrons. The van der Waals surface area contributed by atoms with E-state index >= 15 is 0 Å². The average molecular weight is 322 g/mol. The molecule has 0 saturated heterocycles. The number of nitrogens with zero attached hydrogens (tertiary/aromatic N) is 1. The van der Waals surface area contributed by atoms with Gasteiger partial charge in [0.1, 0.15) is 0 Å². The van der Waals surface area contributed by atoms with Crippen LogP contribution in [0.15, 0.2) is 12.1 Å². The fraction of sp³-hybridized carbons (Fsp3) is 0.500. The van der Waals surface area contributed by atoms with Gasteiger partial charge in [-0.05, 0) is 36.1 Å². The fourth-order valence-electron chi connectivity index (χ4n) is 2.60. The van der Waals surface area contributed by atoms with Crippen molar-refractivity contribution in [3.8, 4) is 11.5 Å². The van der Waals surface area contributed by atoms with Crippen molar-refractivity contribution in [1.82, 2.24) is 10.2 Å². The smallest absolute Gasteiger partial charge is 0.317 e. The number of carboxylic acids is 1. The third-order valence-electron chi connectivity index (χ3n) is 3.85. The molecule has 0 spiro atoms. The number of carbonyl (C=O) groups excluding carboxylic acids is 1. The summed E-state index contributed by atoms with van der Waals surface area (Å²) in [4.78, 5) is 24.3. The molecule has 1 aliphatic rings. The number of benzene rings is 1. The number of nitrogens with one attached hydrogen (secondary N) is 1. The summed E-state index contributed by atoms with van der Waals surface area (Å²) in [6.45, 7) is 1.48. The molecule has 23 heavy (non-hydrogen) atoms. The monoisotopic (exact) mass is 322 g/mol. The molecule has 2 rings (SSSR count). The Bertz CT molecular complexity index is 588. The van der Waals surface area contributed by atoms with Crippen molar-refractivity contribution in [1.29, 1.82) is 0 Å².